The number of methoxy groups -OCH3 is 1. The van der Waals surface area contributed by atoms with Gasteiger partial charge in [-0.1, -0.05) is 0 Å². The second kappa shape index (κ2) is 8.75. The summed E-state index contributed by atoms with van der Waals surface area (Å²) in [5, 5.41) is 3.52. The fourth-order valence-corrected chi connectivity index (χ4v) is 2.67. The summed E-state index contributed by atoms with van der Waals surface area (Å²) in [5.74, 6) is 0.177. The maximum atomic E-state index is 12.0. The second-order valence-electron chi connectivity index (χ2n) is 5.96. The zero-order valence-corrected chi connectivity index (χ0v) is 14.4. The number of carbonyl (C=O) groups is 2. The van der Waals surface area contributed by atoms with Crippen LogP contribution in [0.4, 0.5) is 23.7 Å². The fourth-order valence-electron chi connectivity index (χ4n) is 2.67. The maximum Gasteiger partial charge on any atom is 0.405 e. The van der Waals surface area contributed by atoms with E-state index in [-0.39, 0.29) is 6.54 Å². The average Bonchev–Trinajstić information content (AvgIpc) is 2.60. The van der Waals surface area contributed by atoms with Gasteiger partial charge in [0, 0.05) is 5.69 Å². The summed E-state index contributed by atoms with van der Waals surface area (Å²) >= 11 is 0. The van der Waals surface area contributed by atoms with Crippen molar-refractivity contribution in [2.45, 2.75) is 6.18 Å². The van der Waals surface area contributed by atoms with Crippen LogP contribution in [0.3, 0.4) is 0 Å². The monoisotopic (exact) mass is 375 g/mol. The zero-order chi connectivity index (χ0) is 19.2. The van der Waals surface area contributed by atoms with Gasteiger partial charge in [0.15, 0.2) is 6.54 Å². The summed E-state index contributed by atoms with van der Waals surface area (Å²) in [5.41, 5.74) is 1.06. The molecule has 1 aromatic rings. The second-order valence-corrected chi connectivity index (χ2v) is 5.96. The first kappa shape index (κ1) is 19.8. The van der Waals surface area contributed by atoms with Gasteiger partial charge in [-0.25, -0.2) is 4.79 Å². The summed E-state index contributed by atoms with van der Waals surface area (Å²) in [7, 11) is 1.60. The molecule has 0 aliphatic carbocycles. The lowest BCUT2D eigenvalue weighted by molar-refractivity contribution is -0.892. The molecule has 144 valence electrons. The number of rotatable bonds is 5. The highest BCUT2D eigenvalue weighted by atomic mass is 19.4. The molecular weight excluding hydrogens is 353 g/mol. The Morgan fingerprint density at radius 3 is 2.35 bits per heavy atom. The molecule has 1 saturated heterocycles. The third-order valence-corrected chi connectivity index (χ3v) is 4.02. The highest BCUT2D eigenvalue weighted by Crippen LogP contribution is 2.18. The first-order valence-corrected chi connectivity index (χ1v) is 8.14. The quantitative estimate of drug-likeness (QED) is 0.666. The molecule has 0 radical (unpaired) electrons. The van der Waals surface area contributed by atoms with Gasteiger partial charge in [0.05, 0.1) is 33.3 Å². The lowest BCUT2D eigenvalue weighted by atomic mass is 10.2. The van der Waals surface area contributed by atoms with Crippen molar-refractivity contribution in [3.05, 3.63) is 24.3 Å². The SMILES string of the molecule is COc1ccc(N2CC[NH+](CC(=O)NC(=O)NCC(F)(F)F)CC2)cc1. The summed E-state index contributed by atoms with van der Waals surface area (Å²) < 4.78 is 41.1. The highest BCUT2D eigenvalue weighted by Gasteiger charge is 2.28. The van der Waals surface area contributed by atoms with Gasteiger partial charge in [0.1, 0.15) is 12.3 Å². The summed E-state index contributed by atoms with van der Waals surface area (Å²) in [6.45, 7) is 1.40. The van der Waals surface area contributed by atoms with E-state index in [1.807, 2.05) is 29.6 Å². The van der Waals surface area contributed by atoms with Gasteiger partial charge in [-0.15, -0.1) is 0 Å². The van der Waals surface area contributed by atoms with Crippen LogP contribution in [-0.4, -0.2) is 64.5 Å². The molecule has 0 saturated carbocycles. The third-order valence-electron chi connectivity index (χ3n) is 4.02. The molecule has 26 heavy (non-hydrogen) atoms. The van der Waals surface area contributed by atoms with Crippen LogP contribution in [0.25, 0.3) is 0 Å². The van der Waals surface area contributed by atoms with Crippen LogP contribution < -0.4 is 25.2 Å². The lowest BCUT2D eigenvalue weighted by Gasteiger charge is -2.33. The minimum Gasteiger partial charge on any atom is -0.497 e. The van der Waals surface area contributed by atoms with Crippen molar-refractivity contribution in [2.24, 2.45) is 0 Å². The van der Waals surface area contributed by atoms with Crippen molar-refractivity contribution in [1.82, 2.24) is 10.6 Å². The number of amides is 3. The molecule has 1 heterocycles. The number of piperazine rings is 1. The van der Waals surface area contributed by atoms with E-state index in [0.717, 1.165) is 29.4 Å². The average molecular weight is 375 g/mol. The number of halogens is 3. The van der Waals surface area contributed by atoms with E-state index in [9.17, 15) is 22.8 Å². The van der Waals surface area contributed by atoms with Gasteiger partial charge in [-0.3, -0.25) is 10.1 Å². The number of hydrogen-bond acceptors (Lipinski definition) is 4. The van der Waals surface area contributed by atoms with Crippen molar-refractivity contribution < 1.29 is 32.4 Å². The number of urea groups is 1. The van der Waals surface area contributed by atoms with E-state index in [2.05, 4.69) is 4.90 Å². The predicted octanol–water partition coefficient (Wildman–Crippen LogP) is -0.212. The van der Waals surface area contributed by atoms with Crippen LogP contribution >= 0.6 is 0 Å². The molecule has 0 aromatic heterocycles. The molecule has 3 amide bonds. The molecule has 10 heteroatoms. The Labute approximate surface area is 149 Å². The molecule has 0 spiro atoms. The number of carbonyl (C=O) groups excluding carboxylic acids is 2. The van der Waals surface area contributed by atoms with E-state index in [4.69, 9.17) is 4.74 Å². The number of anilines is 1. The number of ether oxygens (including phenoxy) is 1. The lowest BCUT2D eigenvalue weighted by Crippen LogP contribution is -3.16. The summed E-state index contributed by atoms with van der Waals surface area (Å²) in [4.78, 5) is 26.2. The maximum absolute atomic E-state index is 12.0. The molecule has 1 fully saturated rings. The molecule has 3 N–H and O–H groups in total. The van der Waals surface area contributed by atoms with Crippen LogP contribution in [-0.2, 0) is 4.79 Å². The molecule has 0 atom stereocenters. The van der Waals surface area contributed by atoms with Crippen LogP contribution in [0.5, 0.6) is 5.75 Å². The smallest absolute Gasteiger partial charge is 0.405 e. The predicted molar refractivity (Wildman–Crippen MR) is 88.4 cm³/mol. The summed E-state index contributed by atoms with van der Waals surface area (Å²) in [6.07, 6.45) is -4.51. The van der Waals surface area contributed by atoms with Crippen molar-refractivity contribution in [2.75, 3.05) is 51.3 Å². The largest absolute Gasteiger partial charge is 0.497 e. The number of hydrogen-bond donors (Lipinski definition) is 3. The molecule has 1 aromatic carbocycles. The highest BCUT2D eigenvalue weighted by molar-refractivity contribution is 5.94. The Morgan fingerprint density at radius 2 is 1.81 bits per heavy atom. The normalized spacial score (nSPS) is 15.5. The van der Waals surface area contributed by atoms with Crippen LogP contribution in [0.2, 0.25) is 0 Å². The van der Waals surface area contributed by atoms with E-state index < -0.39 is 24.7 Å². The van der Waals surface area contributed by atoms with Gasteiger partial charge in [-0.2, -0.15) is 13.2 Å². The Bertz CT molecular complexity index is 614. The first-order chi connectivity index (χ1) is 12.3. The van der Waals surface area contributed by atoms with Crippen LogP contribution in [0.1, 0.15) is 0 Å². The van der Waals surface area contributed by atoms with Gasteiger partial charge in [0.25, 0.3) is 5.91 Å². The molecular formula is C16H22F3N4O3+. The topological polar surface area (TPSA) is 75.1 Å². The zero-order valence-electron chi connectivity index (χ0n) is 14.4. The molecule has 7 nitrogen and oxygen atoms in total. The first-order valence-electron chi connectivity index (χ1n) is 8.14. The van der Waals surface area contributed by atoms with Gasteiger partial charge < -0.3 is 19.9 Å². The third kappa shape index (κ3) is 6.43. The van der Waals surface area contributed by atoms with E-state index in [1.54, 1.807) is 12.4 Å². The Balaban J connectivity index is 1.72. The van der Waals surface area contributed by atoms with Crippen LogP contribution in [0.15, 0.2) is 24.3 Å². The number of nitrogens with one attached hydrogen (secondary N) is 3. The number of alkyl halides is 3. The summed E-state index contributed by atoms with van der Waals surface area (Å²) in [6, 6.07) is 6.54. The fraction of sp³-hybridized carbons (Fsp3) is 0.500. The molecule has 2 rings (SSSR count). The minimum atomic E-state index is -4.51. The van der Waals surface area contributed by atoms with Crippen molar-refractivity contribution >= 4 is 17.6 Å². The molecule has 0 bridgehead atoms. The Morgan fingerprint density at radius 1 is 1.19 bits per heavy atom. The standard InChI is InChI=1S/C16H21F3N4O3/c1-26-13-4-2-12(3-5-13)23-8-6-22(7-9-23)10-14(24)21-15(25)20-11-16(17,18)19/h2-5H,6-11H2,1H3,(H2,20,21,24,25)/p+1. The van der Waals surface area contributed by atoms with Gasteiger partial charge in [-0.05, 0) is 24.3 Å². The van der Waals surface area contributed by atoms with E-state index >= 15 is 0 Å². The minimum absolute atomic E-state index is 0.0376. The van der Waals surface area contributed by atoms with E-state index in [0.29, 0.717) is 13.1 Å². The molecule has 1 aliphatic heterocycles. The number of benzene rings is 1. The van der Waals surface area contributed by atoms with Crippen molar-refractivity contribution in [3.8, 4) is 5.75 Å². The van der Waals surface area contributed by atoms with E-state index in [1.165, 1.54) is 0 Å². The Kier molecular flexibility index (Phi) is 6.67. The number of quaternary nitrogens is 1. The molecule has 1 aliphatic rings. The van der Waals surface area contributed by atoms with Gasteiger partial charge in [0.2, 0.25) is 0 Å². The van der Waals surface area contributed by atoms with Crippen molar-refractivity contribution in [1.29, 1.82) is 0 Å². The Hall–Kier alpha value is -2.49. The molecule has 0 unspecified atom stereocenters. The van der Waals surface area contributed by atoms with Gasteiger partial charge >= 0.3 is 12.2 Å². The van der Waals surface area contributed by atoms with Crippen LogP contribution in [0, 0.1) is 0 Å². The number of imide groups is 1. The van der Waals surface area contributed by atoms with Crippen molar-refractivity contribution in [3.63, 3.8) is 0 Å². The number of nitrogens with zero attached hydrogens (tertiary/aromatic N) is 1.